The zero-order valence-electron chi connectivity index (χ0n) is 10.1. The van der Waals surface area contributed by atoms with Gasteiger partial charge in [0.1, 0.15) is 0 Å². The number of benzene rings is 1. The summed E-state index contributed by atoms with van der Waals surface area (Å²) < 4.78 is 2.23. The maximum Gasteiger partial charge on any atom is 0.207 e. The number of hydrogen-bond donors (Lipinski definition) is 1. The second kappa shape index (κ2) is 5.02. The van der Waals surface area contributed by atoms with Crippen LogP contribution in [0.3, 0.4) is 0 Å². The van der Waals surface area contributed by atoms with Gasteiger partial charge in [-0.1, -0.05) is 36.6 Å². The third-order valence-electron chi connectivity index (χ3n) is 3.51. The summed E-state index contributed by atoms with van der Waals surface area (Å²) in [5, 5.41) is 4.04. The molecule has 1 aliphatic rings. The van der Waals surface area contributed by atoms with Crippen molar-refractivity contribution in [3.8, 4) is 0 Å². The lowest BCUT2D eigenvalue weighted by molar-refractivity contribution is 0.525. The molecule has 0 radical (unpaired) electrons. The minimum absolute atomic E-state index is 0.581. The van der Waals surface area contributed by atoms with Gasteiger partial charge in [0.05, 0.1) is 10.7 Å². The summed E-state index contributed by atoms with van der Waals surface area (Å²) in [5.41, 5.74) is 0.907. The van der Waals surface area contributed by atoms with Crippen molar-refractivity contribution in [1.82, 2.24) is 9.55 Å². The molecule has 0 spiro atoms. The summed E-state index contributed by atoms with van der Waals surface area (Å²) in [6.07, 6.45) is 9.01. The zero-order chi connectivity index (χ0) is 12.4. The van der Waals surface area contributed by atoms with Gasteiger partial charge in [0.25, 0.3) is 0 Å². The van der Waals surface area contributed by atoms with E-state index in [0.29, 0.717) is 6.04 Å². The monoisotopic (exact) mass is 261 g/mol. The molecule has 3 rings (SSSR count). The Morgan fingerprint density at radius 3 is 2.78 bits per heavy atom. The Labute approximate surface area is 112 Å². The Balaban J connectivity index is 1.85. The molecule has 1 fully saturated rings. The lowest BCUT2D eigenvalue weighted by Gasteiger charge is -2.16. The predicted molar refractivity (Wildman–Crippen MR) is 74.5 cm³/mol. The number of rotatable bonds is 3. The molecule has 0 atom stereocenters. The van der Waals surface area contributed by atoms with Crippen molar-refractivity contribution in [3.05, 3.63) is 41.7 Å². The van der Waals surface area contributed by atoms with Crippen LogP contribution in [0.4, 0.5) is 11.6 Å². The standard InChI is InChI=1S/C14H16ClN3/c15-12-7-3-4-8-13(12)17-14-16-9-10-18(14)11-5-1-2-6-11/h3-4,7-11H,1-2,5-6H2,(H,16,17). The molecule has 1 aromatic carbocycles. The van der Waals surface area contributed by atoms with Crippen LogP contribution < -0.4 is 5.32 Å². The van der Waals surface area contributed by atoms with Crippen molar-refractivity contribution in [2.24, 2.45) is 0 Å². The van der Waals surface area contributed by atoms with Crippen molar-refractivity contribution in [1.29, 1.82) is 0 Å². The smallest absolute Gasteiger partial charge is 0.207 e. The van der Waals surface area contributed by atoms with Crippen LogP contribution in [0.15, 0.2) is 36.7 Å². The number of anilines is 2. The lowest BCUT2D eigenvalue weighted by Crippen LogP contribution is -2.08. The second-order valence-corrected chi connectivity index (χ2v) is 5.11. The minimum Gasteiger partial charge on any atom is -0.324 e. The van der Waals surface area contributed by atoms with Crippen LogP contribution in [0.5, 0.6) is 0 Å². The molecule has 0 saturated heterocycles. The number of halogens is 1. The van der Waals surface area contributed by atoms with Gasteiger partial charge in [-0.25, -0.2) is 4.98 Å². The van der Waals surface area contributed by atoms with Crippen molar-refractivity contribution in [2.45, 2.75) is 31.7 Å². The Morgan fingerprint density at radius 1 is 1.22 bits per heavy atom. The molecule has 0 amide bonds. The van der Waals surface area contributed by atoms with Crippen molar-refractivity contribution in [2.75, 3.05) is 5.32 Å². The van der Waals surface area contributed by atoms with Gasteiger partial charge in [0.15, 0.2) is 0 Å². The molecule has 1 aliphatic carbocycles. The number of para-hydroxylation sites is 1. The second-order valence-electron chi connectivity index (χ2n) is 4.70. The lowest BCUT2D eigenvalue weighted by atomic mass is 10.2. The SMILES string of the molecule is Clc1ccccc1Nc1nccn1C1CCCC1. The fourth-order valence-corrected chi connectivity index (χ4v) is 2.75. The third kappa shape index (κ3) is 2.23. The van der Waals surface area contributed by atoms with Crippen LogP contribution in [-0.2, 0) is 0 Å². The number of imidazole rings is 1. The van der Waals surface area contributed by atoms with Crippen molar-refractivity contribution < 1.29 is 0 Å². The first-order chi connectivity index (χ1) is 8.84. The number of aromatic nitrogens is 2. The molecule has 18 heavy (non-hydrogen) atoms. The maximum absolute atomic E-state index is 6.15. The first-order valence-corrected chi connectivity index (χ1v) is 6.77. The maximum atomic E-state index is 6.15. The highest BCUT2D eigenvalue weighted by molar-refractivity contribution is 6.33. The quantitative estimate of drug-likeness (QED) is 0.888. The van der Waals surface area contributed by atoms with E-state index in [1.54, 1.807) is 0 Å². The highest BCUT2D eigenvalue weighted by atomic mass is 35.5. The van der Waals surface area contributed by atoms with E-state index in [4.69, 9.17) is 11.6 Å². The van der Waals surface area contributed by atoms with E-state index in [2.05, 4.69) is 21.1 Å². The Bertz CT molecular complexity index is 529. The van der Waals surface area contributed by atoms with Gasteiger partial charge in [-0.2, -0.15) is 0 Å². The summed E-state index contributed by atoms with van der Waals surface area (Å²) in [4.78, 5) is 4.39. The van der Waals surface area contributed by atoms with E-state index >= 15 is 0 Å². The van der Waals surface area contributed by atoms with Crippen LogP contribution in [0, 0.1) is 0 Å². The molecule has 1 saturated carbocycles. The van der Waals surface area contributed by atoms with Gasteiger partial charge >= 0.3 is 0 Å². The summed E-state index contributed by atoms with van der Waals surface area (Å²) in [5.74, 6) is 0.884. The van der Waals surface area contributed by atoms with E-state index in [9.17, 15) is 0 Å². The molecule has 1 aromatic heterocycles. The third-order valence-corrected chi connectivity index (χ3v) is 3.84. The number of nitrogens with one attached hydrogen (secondary N) is 1. The van der Waals surface area contributed by atoms with Crippen LogP contribution in [0.1, 0.15) is 31.7 Å². The molecule has 2 aromatic rings. The van der Waals surface area contributed by atoms with Crippen LogP contribution >= 0.6 is 11.6 Å². The molecule has 0 bridgehead atoms. The Kier molecular flexibility index (Phi) is 3.24. The fourth-order valence-electron chi connectivity index (χ4n) is 2.57. The topological polar surface area (TPSA) is 29.9 Å². The normalized spacial score (nSPS) is 16.1. The summed E-state index contributed by atoms with van der Waals surface area (Å²) >= 11 is 6.15. The highest BCUT2D eigenvalue weighted by Crippen LogP contribution is 2.33. The van der Waals surface area contributed by atoms with Gasteiger partial charge in [-0.3, -0.25) is 0 Å². The summed E-state index contributed by atoms with van der Waals surface area (Å²) in [6, 6.07) is 8.33. The molecule has 0 unspecified atom stereocenters. The molecule has 1 heterocycles. The average molecular weight is 262 g/mol. The predicted octanol–water partition coefficient (Wildman–Crippen LogP) is 4.40. The van der Waals surface area contributed by atoms with Crippen molar-refractivity contribution >= 4 is 23.2 Å². The van der Waals surface area contributed by atoms with Crippen molar-refractivity contribution in [3.63, 3.8) is 0 Å². The molecule has 3 nitrogen and oxygen atoms in total. The van der Waals surface area contributed by atoms with Gasteiger partial charge in [-0.15, -0.1) is 0 Å². The summed E-state index contributed by atoms with van der Waals surface area (Å²) in [6.45, 7) is 0. The van der Waals surface area contributed by atoms with Crippen LogP contribution in [0.25, 0.3) is 0 Å². The van der Waals surface area contributed by atoms with E-state index in [-0.39, 0.29) is 0 Å². The number of hydrogen-bond acceptors (Lipinski definition) is 2. The number of nitrogens with zero attached hydrogens (tertiary/aromatic N) is 2. The first kappa shape index (κ1) is 11.6. The van der Waals surface area contributed by atoms with Gasteiger partial charge < -0.3 is 9.88 Å². The van der Waals surface area contributed by atoms with E-state index < -0.39 is 0 Å². The molecular weight excluding hydrogens is 246 g/mol. The largest absolute Gasteiger partial charge is 0.324 e. The average Bonchev–Trinajstić information content (AvgIpc) is 3.02. The van der Waals surface area contributed by atoms with Gasteiger partial charge in [0, 0.05) is 18.4 Å². The van der Waals surface area contributed by atoms with Gasteiger partial charge in [-0.05, 0) is 25.0 Å². The van der Waals surface area contributed by atoms with E-state index in [1.165, 1.54) is 25.7 Å². The Hall–Kier alpha value is -1.48. The zero-order valence-corrected chi connectivity index (χ0v) is 10.9. The molecule has 4 heteroatoms. The summed E-state index contributed by atoms with van der Waals surface area (Å²) in [7, 11) is 0. The first-order valence-electron chi connectivity index (χ1n) is 6.39. The molecule has 94 valence electrons. The highest BCUT2D eigenvalue weighted by Gasteiger charge is 2.19. The molecular formula is C14H16ClN3. The minimum atomic E-state index is 0.581. The van der Waals surface area contributed by atoms with Crippen LogP contribution in [-0.4, -0.2) is 9.55 Å². The van der Waals surface area contributed by atoms with E-state index in [1.807, 2.05) is 30.5 Å². The van der Waals surface area contributed by atoms with Crippen LogP contribution in [0.2, 0.25) is 5.02 Å². The molecule has 0 aliphatic heterocycles. The Morgan fingerprint density at radius 2 is 2.00 bits per heavy atom. The van der Waals surface area contributed by atoms with Gasteiger partial charge in [0.2, 0.25) is 5.95 Å². The fraction of sp³-hybridized carbons (Fsp3) is 0.357. The molecule has 1 N–H and O–H groups in total. The van der Waals surface area contributed by atoms with E-state index in [0.717, 1.165) is 16.7 Å².